The molecule has 214 valence electrons. The molecule has 2 aliphatic heterocycles. The van der Waals surface area contributed by atoms with Crippen molar-refractivity contribution in [3.63, 3.8) is 0 Å². The van der Waals surface area contributed by atoms with Crippen molar-refractivity contribution in [3.05, 3.63) is 32.2 Å². The van der Waals surface area contributed by atoms with Crippen molar-refractivity contribution in [2.24, 2.45) is 17.8 Å². The minimum absolute atomic E-state index is 0.0536. The third kappa shape index (κ3) is 3.54. The quantitative estimate of drug-likeness (QED) is 0.260. The number of hydrogen-bond acceptors (Lipinski definition) is 6. The lowest BCUT2D eigenvalue weighted by atomic mass is 9.56. The fraction of sp³-hybridized carbons (Fsp3) is 0.571. The molecule has 4 fully saturated rings. The minimum Gasteiger partial charge on any atom is -0.503 e. The number of likely N-dealkylation sites (tertiary alicyclic amines) is 2. The normalized spacial score (nSPS) is 36.0. The number of benzene rings is 1. The Morgan fingerprint density at radius 3 is 2.33 bits per heavy atom. The Balaban J connectivity index is 1.54. The summed E-state index contributed by atoms with van der Waals surface area (Å²) in [5.74, 6) is -4.52. The summed E-state index contributed by atoms with van der Waals surface area (Å²) in [7, 11) is 2.75. The van der Waals surface area contributed by atoms with E-state index in [0.29, 0.717) is 22.0 Å². The Hall–Kier alpha value is -1.62. The summed E-state index contributed by atoms with van der Waals surface area (Å²) in [6.07, 6.45) is 6.79. The van der Waals surface area contributed by atoms with Crippen LogP contribution in [-0.2, 0) is 19.2 Å². The molecule has 1 aromatic rings. The Labute approximate surface area is 258 Å². The number of ether oxygens (including phenoxy) is 1. The highest BCUT2D eigenvalue weighted by atomic mass is 79.9. The van der Waals surface area contributed by atoms with Gasteiger partial charge >= 0.3 is 0 Å². The summed E-state index contributed by atoms with van der Waals surface area (Å²) in [5, 5.41) is 10.6. The number of methoxy groups -OCH3 is 1. The molecule has 12 heteroatoms. The maximum absolute atomic E-state index is 14.1. The van der Waals surface area contributed by atoms with E-state index in [1.807, 2.05) is 6.08 Å². The van der Waals surface area contributed by atoms with Crippen LogP contribution in [0.1, 0.15) is 56.4 Å². The summed E-state index contributed by atoms with van der Waals surface area (Å²) >= 11 is 21.4. The van der Waals surface area contributed by atoms with Gasteiger partial charge in [-0.3, -0.25) is 29.0 Å². The SMILES string of the molecule is COc1cc(C2C3=CCC4C(=O)N(C5CCCCC5)C(=O)C4C3CC3(Cl)C(=O)N(C)C(=O)C23Cl)c(Br)c(Br)c1O. The Bertz CT molecular complexity index is 1400. The molecule has 0 bridgehead atoms. The van der Waals surface area contributed by atoms with Gasteiger partial charge in [-0.15, -0.1) is 23.2 Å². The number of phenolic OH excluding ortho intramolecular Hbond substituents is 1. The average Bonchev–Trinajstić information content (AvgIpc) is 3.28. The monoisotopic (exact) mass is 716 g/mol. The Morgan fingerprint density at radius 2 is 1.68 bits per heavy atom. The van der Waals surface area contributed by atoms with Crippen molar-refractivity contribution < 1.29 is 29.0 Å². The minimum atomic E-state index is -1.92. The average molecular weight is 719 g/mol. The van der Waals surface area contributed by atoms with E-state index < -0.39 is 45.2 Å². The summed E-state index contributed by atoms with van der Waals surface area (Å²) in [5.41, 5.74) is 1.16. The molecule has 1 aromatic carbocycles. The number of phenols is 1. The van der Waals surface area contributed by atoms with Gasteiger partial charge in [-0.1, -0.05) is 30.9 Å². The van der Waals surface area contributed by atoms with Crippen LogP contribution in [0.4, 0.5) is 0 Å². The molecule has 0 spiro atoms. The highest BCUT2D eigenvalue weighted by Crippen LogP contribution is 2.66. The summed E-state index contributed by atoms with van der Waals surface area (Å²) in [6, 6.07) is 1.45. The van der Waals surface area contributed by atoms with Crippen molar-refractivity contribution in [1.82, 2.24) is 9.80 Å². The molecule has 3 aliphatic carbocycles. The van der Waals surface area contributed by atoms with Crippen LogP contribution in [0.25, 0.3) is 0 Å². The maximum atomic E-state index is 14.1. The molecule has 0 aromatic heterocycles. The van der Waals surface area contributed by atoms with Crippen LogP contribution in [-0.4, -0.2) is 68.5 Å². The molecule has 8 nitrogen and oxygen atoms in total. The van der Waals surface area contributed by atoms with Gasteiger partial charge in [-0.05, 0) is 75.1 Å². The smallest absolute Gasteiger partial charge is 0.253 e. The first-order chi connectivity index (χ1) is 18.9. The first kappa shape index (κ1) is 28.5. The van der Waals surface area contributed by atoms with Crippen LogP contribution in [0.3, 0.4) is 0 Å². The fourth-order valence-corrected chi connectivity index (χ4v) is 9.76. The van der Waals surface area contributed by atoms with Crippen molar-refractivity contribution >= 4 is 78.7 Å². The number of carbonyl (C=O) groups excluding carboxylic acids is 4. The van der Waals surface area contributed by atoms with Gasteiger partial charge in [0.2, 0.25) is 11.8 Å². The van der Waals surface area contributed by atoms with Gasteiger partial charge in [0, 0.05) is 23.5 Å². The summed E-state index contributed by atoms with van der Waals surface area (Å²) in [4.78, 5) is 53.8. The number of rotatable bonds is 3. The molecule has 2 saturated heterocycles. The van der Waals surface area contributed by atoms with Crippen molar-refractivity contribution in [3.8, 4) is 11.5 Å². The van der Waals surface area contributed by atoms with E-state index >= 15 is 0 Å². The molecule has 40 heavy (non-hydrogen) atoms. The van der Waals surface area contributed by atoms with Gasteiger partial charge < -0.3 is 9.84 Å². The zero-order valence-corrected chi connectivity index (χ0v) is 26.6. The summed E-state index contributed by atoms with van der Waals surface area (Å²) in [6.45, 7) is 0. The molecule has 6 atom stereocenters. The van der Waals surface area contributed by atoms with Crippen LogP contribution < -0.4 is 4.74 Å². The van der Waals surface area contributed by atoms with E-state index in [2.05, 4.69) is 31.9 Å². The fourth-order valence-electron chi connectivity index (χ4n) is 7.79. The largest absolute Gasteiger partial charge is 0.503 e. The van der Waals surface area contributed by atoms with E-state index in [0.717, 1.165) is 37.0 Å². The maximum Gasteiger partial charge on any atom is 0.253 e. The third-order valence-corrected chi connectivity index (χ3v) is 13.3. The van der Waals surface area contributed by atoms with E-state index in [1.54, 1.807) is 6.07 Å². The zero-order chi connectivity index (χ0) is 28.9. The number of carbonyl (C=O) groups is 4. The van der Waals surface area contributed by atoms with Crippen molar-refractivity contribution in [2.75, 3.05) is 14.2 Å². The molecule has 4 amide bonds. The van der Waals surface area contributed by atoms with Crippen molar-refractivity contribution in [2.45, 2.75) is 66.7 Å². The standard InChI is InChI=1S/C28H28Br2Cl2N2O6/c1-33-25(38)27(31)11-16-13(8-9-14-18(16)24(37)34(23(14)36)12-6-4-3-5-7-12)19(28(27,32)26(33)39)15-10-17(40-2)22(35)21(30)20(15)29/h8,10,12,14,16,18-19,35H,3-7,9,11H2,1-2H3. The number of hydrogen-bond donors (Lipinski definition) is 1. The Kier molecular flexibility index (Phi) is 6.92. The number of fused-ring (bicyclic) bond motifs is 4. The number of halogens is 4. The number of alkyl halides is 2. The Morgan fingerprint density at radius 1 is 1.00 bits per heavy atom. The second kappa shape index (κ2) is 9.71. The predicted molar refractivity (Wildman–Crippen MR) is 154 cm³/mol. The molecular weight excluding hydrogens is 691 g/mol. The third-order valence-electron chi connectivity index (χ3n) is 9.69. The second-order valence-corrected chi connectivity index (χ2v) is 14.3. The molecule has 0 radical (unpaired) electrons. The molecule has 5 aliphatic rings. The van der Waals surface area contributed by atoms with Crippen LogP contribution in [0.2, 0.25) is 0 Å². The molecule has 2 saturated carbocycles. The molecule has 2 heterocycles. The van der Waals surface area contributed by atoms with E-state index in [1.165, 1.54) is 19.1 Å². The molecule has 6 unspecified atom stereocenters. The highest BCUT2D eigenvalue weighted by Gasteiger charge is 2.76. The lowest BCUT2D eigenvalue weighted by Gasteiger charge is -2.51. The van der Waals surface area contributed by atoms with Gasteiger partial charge in [-0.25, -0.2) is 0 Å². The highest BCUT2D eigenvalue weighted by molar-refractivity contribution is 9.13. The predicted octanol–water partition coefficient (Wildman–Crippen LogP) is 5.25. The van der Waals surface area contributed by atoms with Gasteiger partial charge in [-0.2, -0.15) is 0 Å². The molecular formula is C28H28Br2Cl2N2O6. The molecule has 6 rings (SSSR count). The van der Waals surface area contributed by atoms with Gasteiger partial charge in [0.25, 0.3) is 11.8 Å². The first-order valence-electron chi connectivity index (χ1n) is 13.4. The van der Waals surface area contributed by atoms with E-state index in [-0.39, 0.29) is 40.2 Å². The van der Waals surface area contributed by atoms with Gasteiger partial charge in [0.15, 0.2) is 21.2 Å². The number of aromatic hydroxyl groups is 1. The topological polar surface area (TPSA) is 104 Å². The number of nitrogens with zero attached hydrogens (tertiary/aromatic N) is 2. The lowest BCUT2D eigenvalue weighted by molar-refractivity contribution is -0.144. The first-order valence-corrected chi connectivity index (χ1v) is 15.8. The van der Waals surface area contributed by atoms with Crippen LogP contribution in [0.5, 0.6) is 11.5 Å². The van der Waals surface area contributed by atoms with Gasteiger partial charge in [0.05, 0.1) is 23.4 Å². The van der Waals surface area contributed by atoms with E-state index in [4.69, 9.17) is 27.9 Å². The van der Waals surface area contributed by atoms with Crippen LogP contribution in [0, 0.1) is 17.8 Å². The summed E-state index contributed by atoms with van der Waals surface area (Å²) < 4.78 is 6.09. The van der Waals surface area contributed by atoms with Gasteiger partial charge in [0.1, 0.15) is 0 Å². The van der Waals surface area contributed by atoms with E-state index in [9.17, 15) is 24.3 Å². The van der Waals surface area contributed by atoms with Crippen LogP contribution >= 0.6 is 55.1 Å². The van der Waals surface area contributed by atoms with Crippen LogP contribution in [0.15, 0.2) is 26.7 Å². The number of allylic oxidation sites excluding steroid dienone is 2. The van der Waals surface area contributed by atoms with Crippen molar-refractivity contribution in [1.29, 1.82) is 0 Å². The number of amides is 4. The second-order valence-electron chi connectivity index (χ2n) is 11.5. The lowest BCUT2D eigenvalue weighted by Crippen LogP contribution is -2.60. The number of imide groups is 2. The zero-order valence-electron chi connectivity index (χ0n) is 21.9. The molecule has 1 N–H and O–H groups in total.